The molecular formula is C14H13Cl2NO3. The van der Waals surface area contributed by atoms with E-state index in [2.05, 4.69) is 0 Å². The van der Waals surface area contributed by atoms with Crippen molar-refractivity contribution in [1.29, 1.82) is 0 Å². The number of benzene rings is 1. The van der Waals surface area contributed by atoms with Gasteiger partial charge in [-0.3, -0.25) is 4.79 Å². The Hall–Kier alpha value is -1.65. The van der Waals surface area contributed by atoms with E-state index in [0.29, 0.717) is 23.9 Å². The van der Waals surface area contributed by atoms with Gasteiger partial charge in [0.15, 0.2) is 0 Å². The van der Waals surface area contributed by atoms with Crippen LogP contribution in [0.25, 0.3) is 0 Å². The summed E-state index contributed by atoms with van der Waals surface area (Å²) >= 11 is 11.6. The smallest absolute Gasteiger partial charge is 0.269 e. The second-order valence-corrected chi connectivity index (χ2v) is 4.87. The number of ether oxygens (including phenoxy) is 2. The Labute approximate surface area is 126 Å². The van der Waals surface area contributed by atoms with E-state index in [4.69, 9.17) is 32.7 Å². The van der Waals surface area contributed by atoms with Crippen molar-refractivity contribution in [1.82, 2.24) is 4.57 Å². The van der Waals surface area contributed by atoms with E-state index in [-0.39, 0.29) is 10.6 Å². The first kappa shape index (κ1) is 14.8. The summed E-state index contributed by atoms with van der Waals surface area (Å²) in [5.41, 5.74) is -0.283. The van der Waals surface area contributed by atoms with Gasteiger partial charge in [-0.25, -0.2) is 0 Å². The number of hydrogen-bond acceptors (Lipinski definition) is 3. The Morgan fingerprint density at radius 1 is 1.15 bits per heavy atom. The third-order valence-electron chi connectivity index (χ3n) is 2.67. The molecule has 6 heteroatoms. The minimum absolute atomic E-state index is 0.0990. The summed E-state index contributed by atoms with van der Waals surface area (Å²) in [6.07, 6.45) is 1.53. The van der Waals surface area contributed by atoms with Crippen molar-refractivity contribution in [3.8, 4) is 11.5 Å². The molecule has 4 nitrogen and oxygen atoms in total. The number of nitrogens with zero attached hydrogens (tertiary/aromatic N) is 1. The van der Waals surface area contributed by atoms with Crippen LogP contribution in [0.4, 0.5) is 0 Å². The molecule has 0 aliphatic carbocycles. The number of pyridine rings is 1. The highest BCUT2D eigenvalue weighted by Crippen LogP contribution is 2.17. The van der Waals surface area contributed by atoms with Crippen molar-refractivity contribution < 1.29 is 9.47 Å². The van der Waals surface area contributed by atoms with Crippen LogP contribution in [0.2, 0.25) is 10.0 Å². The third kappa shape index (κ3) is 3.68. The van der Waals surface area contributed by atoms with E-state index >= 15 is 0 Å². The van der Waals surface area contributed by atoms with Gasteiger partial charge in [0.25, 0.3) is 5.56 Å². The van der Waals surface area contributed by atoms with Crippen molar-refractivity contribution in [2.75, 3.05) is 13.7 Å². The first-order valence-corrected chi connectivity index (χ1v) is 6.68. The molecule has 0 unspecified atom stereocenters. The minimum atomic E-state index is -0.283. The average Bonchev–Trinajstić information content (AvgIpc) is 2.44. The molecule has 0 fully saturated rings. The highest BCUT2D eigenvalue weighted by molar-refractivity contribution is 6.34. The zero-order valence-electron chi connectivity index (χ0n) is 10.8. The second kappa shape index (κ2) is 6.68. The molecule has 0 radical (unpaired) electrons. The highest BCUT2D eigenvalue weighted by Gasteiger charge is 2.04. The van der Waals surface area contributed by atoms with Crippen LogP contribution in [-0.4, -0.2) is 18.3 Å². The van der Waals surface area contributed by atoms with Gasteiger partial charge in [0.2, 0.25) is 0 Å². The fourth-order valence-electron chi connectivity index (χ4n) is 1.66. The van der Waals surface area contributed by atoms with Crippen molar-refractivity contribution in [3.63, 3.8) is 0 Å². The standard InChI is InChI=1S/C14H13Cl2NO3/c1-19-11-2-4-12(5-3-11)20-7-6-17-9-10(15)8-13(16)14(17)18/h2-5,8-9H,6-7H2,1H3. The number of aromatic nitrogens is 1. The Kier molecular flexibility index (Phi) is 4.93. The van der Waals surface area contributed by atoms with Crippen molar-refractivity contribution in [2.45, 2.75) is 6.54 Å². The van der Waals surface area contributed by atoms with Gasteiger partial charge in [-0.05, 0) is 30.3 Å². The van der Waals surface area contributed by atoms with Crippen LogP contribution in [0.5, 0.6) is 11.5 Å². The maximum Gasteiger partial charge on any atom is 0.269 e. The van der Waals surface area contributed by atoms with E-state index in [9.17, 15) is 4.79 Å². The molecule has 1 aromatic heterocycles. The van der Waals surface area contributed by atoms with Gasteiger partial charge in [0.05, 0.1) is 18.7 Å². The zero-order valence-corrected chi connectivity index (χ0v) is 12.3. The first-order valence-electron chi connectivity index (χ1n) is 5.92. The highest BCUT2D eigenvalue weighted by atomic mass is 35.5. The van der Waals surface area contributed by atoms with Gasteiger partial charge < -0.3 is 14.0 Å². The molecule has 0 aliphatic heterocycles. The van der Waals surface area contributed by atoms with Gasteiger partial charge in [0.1, 0.15) is 23.1 Å². The van der Waals surface area contributed by atoms with Gasteiger partial charge >= 0.3 is 0 Å². The number of methoxy groups -OCH3 is 1. The predicted molar refractivity (Wildman–Crippen MR) is 79.2 cm³/mol. The molecule has 1 aromatic carbocycles. The van der Waals surface area contributed by atoms with Crippen LogP contribution < -0.4 is 15.0 Å². The average molecular weight is 314 g/mol. The number of hydrogen-bond donors (Lipinski definition) is 0. The summed E-state index contributed by atoms with van der Waals surface area (Å²) in [4.78, 5) is 11.7. The minimum Gasteiger partial charge on any atom is -0.497 e. The molecule has 0 saturated carbocycles. The maximum atomic E-state index is 11.7. The van der Waals surface area contributed by atoms with Crippen LogP contribution >= 0.6 is 23.2 Å². The lowest BCUT2D eigenvalue weighted by molar-refractivity contribution is 0.296. The molecule has 20 heavy (non-hydrogen) atoms. The SMILES string of the molecule is COc1ccc(OCCn2cc(Cl)cc(Cl)c2=O)cc1. The van der Waals surface area contributed by atoms with Crippen LogP contribution in [-0.2, 0) is 6.54 Å². The molecule has 0 amide bonds. The van der Waals surface area contributed by atoms with E-state index < -0.39 is 0 Å². The monoisotopic (exact) mass is 313 g/mol. The van der Waals surface area contributed by atoms with Crippen LogP contribution in [0.15, 0.2) is 41.3 Å². The lowest BCUT2D eigenvalue weighted by atomic mass is 10.3. The molecule has 0 bridgehead atoms. The summed E-state index contributed by atoms with van der Waals surface area (Å²) in [6.45, 7) is 0.702. The van der Waals surface area contributed by atoms with E-state index in [1.54, 1.807) is 31.4 Å². The summed E-state index contributed by atoms with van der Waals surface area (Å²) in [5.74, 6) is 1.46. The summed E-state index contributed by atoms with van der Waals surface area (Å²) in [7, 11) is 1.60. The molecule has 1 heterocycles. The van der Waals surface area contributed by atoms with Crippen LogP contribution in [0, 0.1) is 0 Å². The van der Waals surface area contributed by atoms with Gasteiger partial charge in [0, 0.05) is 6.20 Å². The van der Waals surface area contributed by atoms with Crippen molar-refractivity contribution >= 4 is 23.2 Å². The summed E-state index contributed by atoms with van der Waals surface area (Å²) in [6, 6.07) is 8.63. The Morgan fingerprint density at radius 2 is 1.80 bits per heavy atom. The largest absolute Gasteiger partial charge is 0.497 e. The lowest BCUT2D eigenvalue weighted by Crippen LogP contribution is -2.22. The normalized spacial score (nSPS) is 10.3. The fraction of sp³-hybridized carbons (Fsp3) is 0.214. The molecule has 0 saturated heterocycles. The van der Waals surface area contributed by atoms with Gasteiger partial charge in [-0.2, -0.15) is 0 Å². The van der Waals surface area contributed by atoms with Crippen LogP contribution in [0.1, 0.15) is 0 Å². The fourth-order valence-corrected chi connectivity index (χ4v) is 2.17. The molecule has 0 aliphatic rings. The first-order chi connectivity index (χ1) is 9.60. The molecule has 0 spiro atoms. The topological polar surface area (TPSA) is 40.5 Å². The molecule has 0 N–H and O–H groups in total. The summed E-state index contributed by atoms with van der Waals surface area (Å²) < 4.78 is 12.0. The number of halogens is 2. The zero-order chi connectivity index (χ0) is 14.5. The van der Waals surface area contributed by atoms with Gasteiger partial charge in [-0.15, -0.1) is 0 Å². The van der Waals surface area contributed by atoms with Crippen LogP contribution in [0.3, 0.4) is 0 Å². The lowest BCUT2D eigenvalue weighted by Gasteiger charge is -2.09. The van der Waals surface area contributed by atoms with Crippen molar-refractivity contribution in [3.05, 3.63) is 56.9 Å². The van der Waals surface area contributed by atoms with Gasteiger partial charge in [-0.1, -0.05) is 23.2 Å². The Balaban J connectivity index is 1.97. The molecule has 106 valence electrons. The van der Waals surface area contributed by atoms with Crippen molar-refractivity contribution in [2.24, 2.45) is 0 Å². The Morgan fingerprint density at radius 3 is 2.45 bits per heavy atom. The third-order valence-corrected chi connectivity index (χ3v) is 3.15. The molecular weight excluding hydrogens is 301 g/mol. The van der Waals surface area contributed by atoms with E-state index in [1.807, 2.05) is 0 Å². The number of rotatable bonds is 5. The second-order valence-electron chi connectivity index (χ2n) is 4.03. The quantitative estimate of drug-likeness (QED) is 0.850. The van der Waals surface area contributed by atoms with E-state index in [0.717, 1.165) is 5.75 Å². The van der Waals surface area contributed by atoms with E-state index in [1.165, 1.54) is 16.8 Å². The predicted octanol–water partition coefficient (Wildman–Crippen LogP) is 3.24. The molecule has 2 rings (SSSR count). The molecule has 2 aromatic rings. The summed E-state index contributed by atoms with van der Waals surface area (Å²) in [5, 5.41) is 0.515. The Bertz CT molecular complexity index is 638. The molecule has 0 atom stereocenters. The maximum absolute atomic E-state index is 11.7.